The average Bonchev–Trinajstić information content (AvgIpc) is 3.15. The second-order valence-corrected chi connectivity index (χ2v) is 4.58. The summed E-state index contributed by atoms with van der Waals surface area (Å²) in [6, 6.07) is 9.41. The van der Waals surface area contributed by atoms with Crippen molar-refractivity contribution in [3.63, 3.8) is 0 Å². The van der Waals surface area contributed by atoms with Crippen LogP contribution >= 0.6 is 0 Å². The minimum Gasteiger partial charge on any atom is -0.326 e. The third-order valence-corrected chi connectivity index (χ3v) is 3.48. The maximum atomic E-state index is 5.75. The smallest absolute Gasteiger partial charge is 0.0180 e. The van der Waals surface area contributed by atoms with Crippen LogP contribution < -0.4 is 5.73 Å². The summed E-state index contributed by atoms with van der Waals surface area (Å²) < 4.78 is 0. The van der Waals surface area contributed by atoms with Crippen LogP contribution in [0, 0.1) is 0 Å². The lowest BCUT2D eigenvalue weighted by Gasteiger charge is -2.20. The van der Waals surface area contributed by atoms with Crippen LogP contribution in [-0.2, 0) is 13.0 Å². The Hall–Kier alpha value is -0.860. The van der Waals surface area contributed by atoms with Gasteiger partial charge < -0.3 is 10.6 Å². The minimum atomic E-state index is 0.658. The third-order valence-electron chi connectivity index (χ3n) is 3.48. The lowest BCUT2D eigenvalue weighted by molar-refractivity contribution is 0.281. The van der Waals surface area contributed by atoms with Gasteiger partial charge in [-0.15, -0.1) is 0 Å². The highest BCUT2D eigenvalue weighted by Crippen LogP contribution is 2.26. The van der Waals surface area contributed by atoms with E-state index >= 15 is 0 Å². The second kappa shape index (κ2) is 5.46. The molecule has 0 amide bonds. The lowest BCUT2D eigenvalue weighted by atomic mass is 10.0. The molecule has 2 N–H and O–H groups in total. The molecule has 0 heterocycles. The summed E-state index contributed by atoms with van der Waals surface area (Å²) in [4.78, 5) is 2.59. The van der Waals surface area contributed by atoms with Crippen LogP contribution in [0.2, 0.25) is 0 Å². The predicted octanol–water partition coefficient (Wildman–Crippen LogP) is 2.17. The van der Waals surface area contributed by atoms with E-state index in [1.54, 1.807) is 0 Å². The van der Waals surface area contributed by atoms with Gasteiger partial charge in [0.05, 0.1) is 0 Å². The summed E-state index contributed by atoms with van der Waals surface area (Å²) in [5.74, 6) is 0. The van der Waals surface area contributed by atoms with E-state index < -0.39 is 0 Å². The molecule has 1 aliphatic rings. The van der Waals surface area contributed by atoms with Gasteiger partial charge in [-0.2, -0.15) is 0 Å². The van der Waals surface area contributed by atoms with Gasteiger partial charge in [-0.25, -0.2) is 0 Å². The number of likely N-dealkylation sites (N-methyl/N-ethyl adjacent to an activating group) is 1. The quantitative estimate of drug-likeness (QED) is 0.793. The SMILES string of the molecule is CCN(CCc1ccccc1CN)C1CC1. The van der Waals surface area contributed by atoms with Crippen LogP contribution in [0.4, 0.5) is 0 Å². The summed E-state index contributed by atoms with van der Waals surface area (Å²) in [6.07, 6.45) is 3.93. The highest BCUT2D eigenvalue weighted by molar-refractivity contribution is 5.27. The van der Waals surface area contributed by atoms with E-state index in [9.17, 15) is 0 Å². The van der Waals surface area contributed by atoms with Crippen LogP contribution in [-0.4, -0.2) is 24.0 Å². The maximum absolute atomic E-state index is 5.75. The van der Waals surface area contributed by atoms with Gasteiger partial charge in [0, 0.05) is 19.1 Å². The van der Waals surface area contributed by atoms with Crippen LogP contribution in [0.5, 0.6) is 0 Å². The molecule has 0 radical (unpaired) electrons. The van der Waals surface area contributed by atoms with Crippen LogP contribution in [0.3, 0.4) is 0 Å². The molecule has 1 aliphatic carbocycles. The van der Waals surface area contributed by atoms with Crippen LogP contribution in [0.1, 0.15) is 30.9 Å². The van der Waals surface area contributed by atoms with Gasteiger partial charge in [0.2, 0.25) is 0 Å². The number of nitrogens with zero attached hydrogens (tertiary/aromatic N) is 1. The zero-order valence-electron chi connectivity index (χ0n) is 10.2. The zero-order chi connectivity index (χ0) is 11.4. The fourth-order valence-corrected chi connectivity index (χ4v) is 2.30. The Morgan fingerprint density at radius 1 is 1.25 bits per heavy atom. The van der Waals surface area contributed by atoms with Crippen LogP contribution in [0.25, 0.3) is 0 Å². The van der Waals surface area contributed by atoms with Gasteiger partial charge in [0.15, 0.2) is 0 Å². The standard InChI is InChI=1S/C14H22N2/c1-2-16(14-7-8-14)10-9-12-5-3-4-6-13(12)11-15/h3-6,14H,2,7-11,15H2,1H3. The van der Waals surface area contributed by atoms with Crippen molar-refractivity contribution < 1.29 is 0 Å². The number of hydrogen-bond acceptors (Lipinski definition) is 2. The summed E-state index contributed by atoms with van der Waals surface area (Å²) in [6.45, 7) is 5.27. The molecule has 0 bridgehead atoms. The molecule has 1 saturated carbocycles. The molecule has 2 rings (SSSR count). The fraction of sp³-hybridized carbons (Fsp3) is 0.571. The monoisotopic (exact) mass is 218 g/mol. The Labute approximate surface area is 98.4 Å². The van der Waals surface area contributed by atoms with E-state index in [1.165, 1.54) is 37.1 Å². The molecule has 0 unspecified atom stereocenters. The van der Waals surface area contributed by atoms with Crippen molar-refractivity contribution in [2.24, 2.45) is 5.73 Å². The molecule has 16 heavy (non-hydrogen) atoms. The first kappa shape index (κ1) is 11.6. The predicted molar refractivity (Wildman–Crippen MR) is 68.3 cm³/mol. The van der Waals surface area contributed by atoms with Gasteiger partial charge in [-0.1, -0.05) is 31.2 Å². The van der Waals surface area contributed by atoms with Gasteiger partial charge >= 0.3 is 0 Å². The Morgan fingerprint density at radius 3 is 2.50 bits per heavy atom. The Bertz CT molecular complexity index is 331. The topological polar surface area (TPSA) is 29.3 Å². The van der Waals surface area contributed by atoms with E-state index in [0.29, 0.717) is 6.54 Å². The normalized spacial score (nSPS) is 15.7. The molecule has 0 atom stereocenters. The molecule has 2 nitrogen and oxygen atoms in total. The molecule has 0 aromatic heterocycles. The molecule has 0 saturated heterocycles. The minimum absolute atomic E-state index is 0.658. The third kappa shape index (κ3) is 2.83. The van der Waals surface area contributed by atoms with E-state index in [4.69, 9.17) is 5.73 Å². The van der Waals surface area contributed by atoms with Crippen molar-refractivity contribution in [1.29, 1.82) is 0 Å². The molecule has 2 heteroatoms. The second-order valence-electron chi connectivity index (χ2n) is 4.58. The van der Waals surface area contributed by atoms with Gasteiger partial charge in [-0.3, -0.25) is 0 Å². The lowest BCUT2D eigenvalue weighted by Crippen LogP contribution is -2.28. The first-order chi connectivity index (χ1) is 7.85. The average molecular weight is 218 g/mol. The zero-order valence-corrected chi connectivity index (χ0v) is 10.2. The summed E-state index contributed by atoms with van der Waals surface area (Å²) >= 11 is 0. The summed E-state index contributed by atoms with van der Waals surface area (Å²) in [7, 11) is 0. The molecular formula is C14H22N2. The summed E-state index contributed by atoms with van der Waals surface area (Å²) in [5.41, 5.74) is 8.47. The first-order valence-corrected chi connectivity index (χ1v) is 6.36. The molecule has 88 valence electrons. The number of hydrogen-bond donors (Lipinski definition) is 1. The molecule has 1 aromatic carbocycles. The summed E-state index contributed by atoms with van der Waals surface area (Å²) in [5, 5.41) is 0. The van der Waals surface area contributed by atoms with E-state index in [2.05, 4.69) is 36.1 Å². The Kier molecular flexibility index (Phi) is 3.97. The van der Waals surface area contributed by atoms with Gasteiger partial charge in [0.25, 0.3) is 0 Å². The van der Waals surface area contributed by atoms with Gasteiger partial charge in [-0.05, 0) is 36.9 Å². The van der Waals surface area contributed by atoms with Crippen LogP contribution in [0.15, 0.2) is 24.3 Å². The largest absolute Gasteiger partial charge is 0.326 e. The molecule has 0 aliphatic heterocycles. The number of nitrogens with two attached hydrogens (primary N) is 1. The van der Waals surface area contributed by atoms with Crippen molar-refractivity contribution in [3.05, 3.63) is 35.4 Å². The molecular weight excluding hydrogens is 196 g/mol. The highest BCUT2D eigenvalue weighted by Gasteiger charge is 2.27. The van der Waals surface area contributed by atoms with Crippen molar-refractivity contribution in [2.75, 3.05) is 13.1 Å². The van der Waals surface area contributed by atoms with Crippen molar-refractivity contribution in [3.8, 4) is 0 Å². The van der Waals surface area contributed by atoms with E-state index in [-0.39, 0.29) is 0 Å². The van der Waals surface area contributed by atoms with Gasteiger partial charge in [0.1, 0.15) is 0 Å². The van der Waals surface area contributed by atoms with Crippen molar-refractivity contribution in [2.45, 2.75) is 38.8 Å². The van der Waals surface area contributed by atoms with Crippen molar-refractivity contribution in [1.82, 2.24) is 4.90 Å². The van der Waals surface area contributed by atoms with E-state index in [1.807, 2.05) is 0 Å². The first-order valence-electron chi connectivity index (χ1n) is 6.36. The molecule has 1 aromatic rings. The Balaban J connectivity index is 1.92. The van der Waals surface area contributed by atoms with E-state index in [0.717, 1.165) is 12.5 Å². The maximum Gasteiger partial charge on any atom is 0.0180 e. The highest BCUT2D eigenvalue weighted by atomic mass is 15.2. The molecule has 0 spiro atoms. The number of benzene rings is 1. The molecule has 1 fully saturated rings. The van der Waals surface area contributed by atoms with Crippen molar-refractivity contribution >= 4 is 0 Å². The Morgan fingerprint density at radius 2 is 1.94 bits per heavy atom. The fourth-order valence-electron chi connectivity index (χ4n) is 2.30. The number of rotatable bonds is 6.